The topological polar surface area (TPSA) is 96.5 Å². The van der Waals surface area contributed by atoms with Crippen molar-refractivity contribution >= 4 is 12.0 Å². The maximum absolute atomic E-state index is 12.3. The standard InChI is InChI=1S/C17H20N4O4/c1-24-16(22)15-11-21(8-9-25-15)17(23)18-10-12-2-4-13(5-3-12)14-6-7-19-20-14/h2-7,15H,8-11H2,1H3,(H,18,23)(H,19,20)/t15-/m0/s1. The third kappa shape index (κ3) is 4.16. The summed E-state index contributed by atoms with van der Waals surface area (Å²) in [5, 5.41) is 9.69. The summed E-state index contributed by atoms with van der Waals surface area (Å²) in [5.74, 6) is -0.466. The van der Waals surface area contributed by atoms with Gasteiger partial charge in [-0.2, -0.15) is 5.10 Å². The van der Waals surface area contributed by atoms with Crippen molar-refractivity contribution in [2.24, 2.45) is 0 Å². The molecule has 2 heterocycles. The lowest BCUT2D eigenvalue weighted by atomic mass is 10.1. The van der Waals surface area contributed by atoms with E-state index in [-0.39, 0.29) is 12.6 Å². The second kappa shape index (κ2) is 7.80. The molecule has 1 saturated heterocycles. The Kier molecular flexibility index (Phi) is 5.30. The molecule has 1 aliphatic rings. The van der Waals surface area contributed by atoms with Crippen molar-refractivity contribution in [1.29, 1.82) is 0 Å². The molecule has 2 N–H and O–H groups in total. The number of rotatable bonds is 4. The van der Waals surface area contributed by atoms with Crippen LogP contribution >= 0.6 is 0 Å². The summed E-state index contributed by atoms with van der Waals surface area (Å²) < 4.78 is 9.98. The van der Waals surface area contributed by atoms with Gasteiger partial charge in [0.1, 0.15) is 0 Å². The molecule has 0 spiro atoms. The van der Waals surface area contributed by atoms with Crippen LogP contribution in [0.5, 0.6) is 0 Å². The van der Waals surface area contributed by atoms with Gasteiger partial charge in [0.05, 0.1) is 26.0 Å². The van der Waals surface area contributed by atoms with Gasteiger partial charge in [0.25, 0.3) is 0 Å². The number of benzene rings is 1. The van der Waals surface area contributed by atoms with E-state index in [1.807, 2.05) is 30.3 Å². The predicted octanol–water partition coefficient (Wildman–Crippen LogP) is 1.16. The predicted molar refractivity (Wildman–Crippen MR) is 89.6 cm³/mol. The summed E-state index contributed by atoms with van der Waals surface area (Å²) in [6.45, 7) is 1.35. The van der Waals surface area contributed by atoms with Crippen LogP contribution in [0.2, 0.25) is 0 Å². The maximum atomic E-state index is 12.3. The Labute approximate surface area is 145 Å². The van der Waals surface area contributed by atoms with E-state index in [1.165, 1.54) is 7.11 Å². The molecule has 2 aromatic rings. The molecule has 8 heteroatoms. The fourth-order valence-electron chi connectivity index (χ4n) is 2.62. The van der Waals surface area contributed by atoms with Crippen molar-refractivity contribution in [3.8, 4) is 11.3 Å². The van der Waals surface area contributed by atoms with Crippen LogP contribution in [0.25, 0.3) is 11.3 Å². The van der Waals surface area contributed by atoms with Crippen molar-refractivity contribution in [3.05, 3.63) is 42.1 Å². The zero-order valence-corrected chi connectivity index (χ0v) is 13.9. The lowest BCUT2D eigenvalue weighted by Gasteiger charge is -2.31. The molecule has 3 rings (SSSR count). The summed E-state index contributed by atoms with van der Waals surface area (Å²) in [6.07, 6.45) is 0.978. The van der Waals surface area contributed by atoms with Crippen LogP contribution in [0.4, 0.5) is 4.79 Å². The molecule has 1 aliphatic heterocycles. The smallest absolute Gasteiger partial charge is 0.336 e. The first-order chi connectivity index (χ1) is 12.2. The number of aromatic amines is 1. The van der Waals surface area contributed by atoms with E-state index < -0.39 is 12.1 Å². The Balaban J connectivity index is 1.52. The quantitative estimate of drug-likeness (QED) is 0.812. The second-order valence-electron chi connectivity index (χ2n) is 5.65. The number of hydrogen-bond donors (Lipinski definition) is 2. The summed E-state index contributed by atoms with van der Waals surface area (Å²) in [7, 11) is 1.30. The van der Waals surface area contributed by atoms with E-state index in [0.717, 1.165) is 16.8 Å². The minimum absolute atomic E-state index is 0.192. The van der Waals surface area contributed by atoms with E-state index in [1.54, 1.807) is 11.1 Å². The van der Waals surface area contributed by atoms with Crippen LogP contribution in [-0.2, 0) is 20.8 Å². The molecule has 132 valence electrons. The van der Waals surface area contributed by atoms with Crippen LogP contribution in [0.1, 0.15) is 5.56 Å². The number of aromatic nitrogens is 2. The zero-order chi connectivity index (χ0) is 17.6. The molecular weight excluding hydrogens is 324 g/mol. The van der Waals surface area contributed by atoms with Crippen molar-refractivity contribution in [2.75, 3.05) is 26.8 Å². The van der Waals surface area contributed by atoms with Crippen molar-refractivity contribution in [3.63, 3.8) is 0 Å². The van der Waals surface area contributed by atoms with Crippen molar-refractivity contribution in [1.82, 2.24) is 20.4 Å². The number of H-pyrrole nitrogens is 1. The Morgan fingerprint density at radius 3 is 2.84 bits per heavy atom. The van der Waals surface area contributed by atoms with Gasteiger partial charge < -0.3 is 19.7 Å². The molecule has 0 saturated carbocycles. The number of morpholine rings is 1. The maximum Gasteiger partial charge on any atom is 0.336 e. The SMILES string of the molecule is COC(=O)[C@@H]1CN(C(=O)NCc2ccc(-c3ccn[nH]3)cc2)CCO1. The number of urea groups is 1. The fourth-order valence-corrected chi connectivity index (χ4v) is 2.62. The molecule has 0 bridgehead atoms. The van der Waals surface area contributed by atoms with Gasteiger partial charge in [-0.1, -0.05) is 24.3 Å². The summed E-state index contributed by atoms with van der Waals surface area (Å²) in [6, 6.07) is 9.51. The van der Waals surface area contributed by atoms with Gasteiger partial charge in [0, 0.05) is 19.3 Å². The number of ether oxygens (including phenoxy) is 2. The van der Waals surface area contributed by atoms with Crippen molar-refractivity contribution < 1.29 is 19.1 Å². The molecule has 8 nitrogen and oxygen atoms in total. The highest BCUT2D eigenvalue weighted by atomic mass is 16.6. The highest BCUT2D eigenvalue weighted by Gasteiger charge is 2.29. The number of methoxy groups -OCH3 is 1. The van der Waals surface area contributed by atoms with Gasteiger partial charge in [-0.3, -0.25) is 5.10 Å². The number of amides is 2. The lowest BCUT2D eigenvalue weighted by Crippen LogP contribution is -2.51. The Morgan fingerprint density at radius 2 is 2.16 bits per heavy atom. The first kappa shape index (κ1) is 17.0. The van der Waals surface area contributed by atoms with Crippen LogP contribution < -0.4 is 5.32 Å². The van der Waals surface area contributed by atoms with Gasteiger partial charge in [0.2, 0.25) is 0 Å². The molecule has 25 heavy (non-hydrogen) atoms. The molecule has 1 atom stereocenters. The van der Waals surface area contributed by atoms with E-state index in [9.17, 15) is 9.59 Å². The normalized spacial score (nSPS) is 17.2. The number of carbonyl (C=O) groups is 2. The van der Waals surface area contributed by atoms with Gasteiger partial charge in [0.15, 0.2) is 6.10 Å². The molecule has 2 amide bonds. The number of esters is 1. The number of nitrogens with zero attached hydrogens (tertiary/aromatic N) is 2. The molecule has 0 radical (unpaired) electrons. The molecule has 1 aromatic carbocycles. The number of hydrogen-bond acceptors (Lipinski definition) is 5. The Bertz CT molecular complexity index is 715. The molecule has 1 fully saturated rings. The first-order valence-corrected chi connectivity index (χ1v) is 7.98. The zero-order valence-electron chi connectivity index (χ0n) is 13.9. The summed E-state index contributed by atoms with van der Waals surface area (Å²) in [5.41, 5.74) is 2.95. The third-order valence-corrected chi connectivity index (χ3v) is 4.03. The van der Waals surface area contributed by atoms with Crippen LogP contribution in [0.3, 0.4) is 0 Å². The Morgan fingerprint density at radius 1 is 1.36 bits per heavy atom. The second-order valence-corrected chi connectivity index (χ2v) is 5.65. The number of nitrogens with one attached hydrogen (secondary N) is 2. The molecule has 0 aliphatic carbocycles. The van der Waals surface area contributed by atoms with E-state index >= 15 is 0 Å². The van der Waals surface area contributed by atoms with Gasteiger partial charge >= 0.3 is 12.0 Å². The van der Waals surface area contributed by atoms with Gasteiger partial charge in [-0.05, 0) is 17.2 Å². The van der Waals surface area contributed by atoms with Gasteiger partial charge in [-0.15, -0.1) is 0 Å². The average molecular weight is 344 g/mol. The minimum Gasteiger partial charge on any atom is -0.467 e. The largest absolute Gasteiger partial charge is 0.467 e. The van der Waals surface area contributed by atoms with Crippen LogP contribution in [0.15, 0.2) is 36.5 Å². The van der Waals surface area contributed by atoms with E-state index in [2.05, 4.69) is 20.3 Å². The van der Waals surface area contributed by atoms with E-state index in [0.29, 0.717) is 19.7 Å². The van der Waals surface area contributed by atoms with Gasteiger partial charge in [-0.25, -0.2) is 9.59 Å². The monoisotopic (exact) mass is 344 g/mol. The van der Waals surface area contributed by atoms with Crippen LogP contribution in [0, 0.1) is 0 Å². The van der Waals surface area contributed by atoms with E-state index in [4.69, 9.17) is 4.74 Å². The fraction of sp³-hybridized carbons (Fsp3) is 0.353. The molecule has 1 aromatic heterocycles. The highest BCUT2D eigenvalue weighted by molar-refractivity contribution is 5.78. The lowest BCUT2D eigenvalue weighted by molar-refractivity contribution is -0.158. The Hall–Kier alpha value is -2.87. The highest BCUT2D eigenvalue weighted by Crippen LogP contribution is 2.16. The third-order valence-electron chi connectivity index (χ3n) is 4.03. The van der Waals surface area contributed by atoms with Crippen LogP contribution in [-0.4, -0.2) is 60.0 Å². The summed E-state index contributed by atoms with van der Waals surface area (Å²) >= 11 is 0. The summed E-state index contributed by atoms with van der Waals surface area (Å²) in [4.78, 5) is 25.4. The number of carbonyl (C=O) groups excluding carboxylic acids is 2. The first-order valence-electron chi connectivity index (χ1n) is 7.98. The molecular formula is C17H20N4O4. The average Bonchev–Trinajstić information content (AvgIpc) is 3.20. The molecule has 0 unspecified atom stereocenters. The minimum atomic E-state index is -0.724. The van der Waals surface area contributed by atoms with Crippen molar-refractivity contribution in [2.45, 2.75) is 12.6 Å².